The molecule has 35 heavy (non-hydrogen) atoms. The third kappa shape index (κ3) is 5.12. The molecule has 1 N–H and O–H groups in total. The van der Waals surface area contributed by atoms with E-state index in [1.54, 1.807) is 47.2 Å². The first kappa shape index (κ1) is 23.2. The van der Waals surface area contributed by atoms with Gasteiger partial charge in [-0.05, 0) is 61.2 Å². The molecule has 3 aromatic rings. The van der Waals surface area contributed by atoms with E-state index in [9.17, 15) is 14.4 Å². The van der Waals surface area contributed by atoms with Gasteiger partial charge in [-0.15, -0.1) is 11.8 Å². The van der Waals surface area contributed by atoms with Gasteiger partial charge in [-0.25, -0.2) is 0 Å². The lowest BCUT2D eigenvalue weighted by Crippen LogP contribution is -2.36. The number of nitrogens with one attached hydrogen (secondary N) is 1. The van der Waals surface area contributed by atoms with E-state index in [1.807, 2.05) is 41.3 Å². The van der Waals surface area contributed by atoms with Crippen LogP contribution >= 0.6 is 11.8 Å². The zero-order chi connectivity index (χ0) is 24.2. The average Bonchev–Trinajstić information content (AvgIpc) is 3.55. The van der Waals surface area contributed by atoms with Crippen molar-refractivity contribution in [2.75, 3.05) is 24.2 Å². The zero-order valence-corrected chi connectivity index (χ0v) is 20.1. The van der Waals surface area contributed by atoms with E-state index < -0.39 is 0 Å². The fraction of sp³-hybridized carbons (Fsp3) is 0.296. The number of piperidine rings is 1. The van der Waals surface area contributed by atoms with Gasteiger partial charge in [-0.1, -0.05) is 24.3 Å². The number of anilines is 1. The fourth-order valence-electron chi connectivity index (χ4n) is 4.51. The third-order valence-corrected chi connectivity index (χ3v) is 7.64. The van der Waals surface area contributed by atoms with Gasteiger partial charge in [0.1, 0.15) is 11.1 Å². The van der Waals surface area contributed by atoms with Crippen molar-refractivity contribution in [2.24, 2.45) is 0 Å². The lowest BCUT2D eigenvalue weighted by atomic mass is 10.1. The summed E-state index contributed by atoms with van der Waals surface area (Å²) >= 11 is 1.56. The minimum Gasteiger partial charge on any atom is -0.467 e. The van der Waals surface area contributed by atoms with Crippen LogP contribution in [0.3, 0.4) is 0 Å². The number of amides is 3. The van der Waals surface area contributed by atoms with E-state index in [2.05, 4.69) is 5.32 Å². The Bertz CT molecular complexity index is 1200. The van der Waals surface area contributed by atoms with Gasteiger partial charge in [-0.3, -0.25) is 14.4 Å². The molecule has 0 spiro atoms. The number of carbonyl (C=O) groups is 3. The molecule has 5 rings (SSSR count). The van der Waals surface area contributed by atoms with Gasteiger partial charge in [0.15, 0.2) is 0 Å². The van der Waals surface area contributed by atoms with Crippen molar-refractivity contribution < 1.29 is 18.8 Å². The van der Waals surface area contributed by atoms with Crippen LogP contribution in [0.4, 0.5) is 5.69 Å². The number of para-hydroxylation sites is 1. The maximum atomic E-state index is 13.0. The van der Waals surface area contributed by atoms with Gasteiger partial charge < -0.3 is 19.5 Å². The quantitative estimate of drug-likeness (QED) is 0.531. The number of thioether (sulfide) groups is 1. The molecular formula is C27H27N3O4S. The van der Waals surface area contributed by atoms with E-state index in [0.717, 1.165) is 43.7 Å². The van der Waals surface area contributed by atoms with Crippen molar-refractivity contribution in [1.82, 2.24) is 9.80 Å². The molecule has 1 aromatic heterocycles. The normalized spacial score (nSPS) is 18.1. The van der Waals surface area contributed by atoms with E-state index >= 15 is 0 Å². The summed E-state index contributed by atoms with van der Waals surface area (Å²) in [6, 6.07) is 18.1. The van der Waals surface area contributed by atoms with Crippen LogP contribution in [0.2, 0.25) is 0 Å². The summed E-state index contributed by atoms with van der Waals surface area (Å²) < 4.78 is 5.42. The number of hydrogen-bond acceptors (Lipinski definition) is 5. The summed E-state index contributed by atoms with van der Waals surface area (Å²) in [4.78, 5) is 42.1. The van der Waals surface area contributed by atoms with Crippen LogP contribution in [-0.4, -0.2) is 46.4 Å². The first-order chi connectivity index (χ1) is 17.1. The number of carbonyl (C=O) groups excluding carboxylic acids is 3. The summed E-state index contributed by atoms with van der Waals surface area (Å²) in [5.74, 6) is 0.886. The van der Waals surface area contributed by atoms with Crippen LogP contribution in [0.15, 0.2) is 71.3 Å². The summed E-state index contributed by atoms with van der Waals surface area (Å²) in [6.07, 6.45) is 4.77. The summed E-state index contributed by atoms with van der Waals surface area (Å²) in [6.45, 7) is 1.91. The molecule has 2 aromatic carbocycles. The minimum atomic E-state index is -0.280. The molecule has 8 heteroatoms. The largest absolute Gasteiger partial charge is 0.467 e. The van der Waals surface area contributed by atoms with Gasteiger partial charge in [0.05, 0.1) is 29.8 Å². The second-order valence-corrected chi connectivity index (χ2v) is 9.81. The Morgan fingerprint density at radius 1 is 0.971 bits per heavy atom. The molecule has 7 nitrogen and oxygen atoms in total. The van der Waals surface area contributed by atoms with Crippen molar-refractivity contribution in [1.29, 1.82) is 0 Å². The Morgan fingerprint density at radius 3 is 2.49 bits per heavy atom. The Morgan fingerprint density at radius 2 is 1.74 bits per heavy atom. The zero-order valence-electron chi connectivity index (χ0n) is 19.3. The van der Waals surface area contributed by atoms with Crippen LogP contribution < -0.4 is 5.32 Å². The third-order valence-electron chi connectivity index (χ3n) is 6.38. The van der Waals surface area contributed by atoms with E-state index in [1.165, 1.54) is 0 Å². The molecular weight excluding hydrogens is 462 g/mol. The SMILES string of the molecule is O=C(Nc1ccccc1C(=O)N1CCCCC1)c1ccc([C@@H]2SCC(=O)N2Cc2ccco2)cc1. The molecule has 3 heterocycles. The monoisotopic (exact) mass is 489 g/mol. The average molecular weight is 490 g/mol. The molecule has 2 saturated heterocycles. The standard InChI is InChI=1S/C27H27N3O4S/c31-24-18-35-27(30(24)17-21-7-6-16-34-21)20-12-10-19(11-13-20)25(32)28-23-9-3-2-8-22(23)26(33)29-14-4-1-5-15-29/h2-3,6-13,16,27H,1,4-5,14-15,17-18H2,(H,28,32)/t27-/m0/s1. The van der Waals surface area contributed by atoms with Crippen LogP contribution in [-0.2, 0) is 11.3 Å². The Kier molecular flexibility index (Phi) is 6.90. The number of benzene rings is 2. The van der Waals surface area contributed by atoms with Gasteiger partial charge in [0, 0.05) is 18.7 Å². The number of furan rings is 1. The molecule has 0 aliphatic carbocycles. The molecule has 0 saturated carbocycles. The van der Waals surface area contributed by atoms with Crippen molar-refractivity contribution in [3.05, 3.63) is 89.4 Å². The number of likely N-dealkylation sites (tertiary alicyclic amines) is 1. The number of hydrogen-bond donors (Lipinski definition) is 1. The van der Waals surface area contributed by atoms with E-state index in [0.29, 0.717) is 29.1 Å². The van der Waals surface area contributed by atoms with Crippen molar-refractivity contribution >= 4 is 35.2 Å². The summed E-state index contributed by atoms with van der Waals surface area (Å²) in [7, 11) is 0. The van der Waals surface area contributed by atoms with Crippen LogP contribution in [0.1, 0.15) is 56.7 Å². The van der Waals surface area contributed by atoms with Crippen molar-refractivity contribution in [2.45, 2.75) is 31.2 Å². The Hall–Kier alpha value is -3.52. The molecule has 3 amide bonds. The lowest BCUT2D eigenvalue weighted by Gasteiger charge is -2.27. The number of nitrogens with zero attached hydrogens (tertiary/aromatic N) is 2. The Labute approximate surface area is 208 Å². The van der Waals surface area contributed by atoms with Crippen LogP contribution in [0.25, 0.3) is 0 Å². The van der Waals surface area contributed by atoms with E-state index in [-0.39, 0.29) is 23.1 Å². The van der Waals surface area contributed by atoms with Gasteiger partial charge >= 0.3 is 0 Å². The molecule has 2 fully saturated rings. The molecule has 0 unspecified atom stereocenters. The maximum Gasteiger partial charge on any atom is 0.255 e. The second-order valence-electron chi connectivity index (χ2n) is 8.74. The van der Waals surface area contributed by atoms with Crippen LogP contribution in [0, 0.1) is 0 Å². The lowest BCUT2D eigenvalue weighted by molar-refractivity contribution is -0.128. The van der Waals surface area contributed by atoms with E-state index in [4.69, 9.17) is 4.42 Å². The highest BCUT2D eigenvalue weighted by atomic mass is 32.2. The molecule has 2 aliphatic heterocycles. The predicted molar refractivity (Wildman–Crippen MR) is 135 cm³/mol. The first-order valence-electron chi connectivity index (χ1n) is 11.8. The molecule has 2 aliphatic rings. The molecule has 0 radical (unpaired) electrons. The predicted octanol–water partition coefficient (Wildman–Crippen LogP) is 4.93. The van der Waals surface area contributed by atoms with Crippen molar-refractivity contribution in [3.63, 3.8) is 0 Å². The maximum absolute atomic E-state index is 13.0. The molecule has 180 valence electrons. The topological polar surface area (TPSA) is 82.9 Å². The molecule has 0 bridgehead atoms. The molecule has 1 atom stereocenters. The second kappa shape index (κ2) is 10.4. The Balaban J connectivity index is 1.28. The first-order valence-corrected chi connectivity index (χ1v) is 12.9. The minimum absolute atomic E-state index is 0.0458. The smallest absolute Gasteiger partial charge is 0.255 e. The van der Waals surface area contributed by atoms with Crippen LogP contribution in [0.5, 0.6) is 0 Å². The highest BCUT2D eigenvalue weighted by Gasteiger charge is 2.33. The summed E-state index contributed by atoms with van der Waals surface area (Å²) in [5, 5.41) is 2.78. The number of rotatable bonds is 6. The highest BCUT2D eigenvalue weighted by Crippen LogP contribution is 2.39. The summed E-state index contributed by atoms with van der Waals surface area (Å²) in [5.41, 5.74) is 2.46. The van der Waals surface area contributed by atoms with Gasteiger partial charge in [0.25, 0.3) is 11.8 Å². The highest BCUT2D eigenvalue weighted by molar-refractivity contribution is 8.00. The van der Waals surface area contributed by atoms with Gasteiger partial charge in [0.2, 0.25) is 5.91 Å². The van der Waals surface area contributed by atoms with Crippen molar-refractivity contribution in [3.8, 4) is 0 Å². The fourth-order valence-corrected chi connectivity index (χ4v) is 5.70. The van der Waals surface area contributed by atoms with Gasteiger partial charge in [-0.2, -0.15) is 0 Å².